The molecule has 0 fully saturated rings. The van der Waals surface area contributed by atoms with E-state index >= 15 is 0 Å². The van der Waals surface area contributed by atoms with E-state index in [0.29, 0.717) is 30.2 Å². The first-order valence-corrected chi connectivity index (χ1v) is 8.17. The Morgan fingerprint density at radius 3 is 2.67 bits per heavy atom. The van der Waals surface area contributed by atoms with Gasteiger partial charge in [0.05, 0.1) is 6.42 Å². The van der Waals surface area contributed by atoms with Crippen LogP contribution in [-0.2, 0) is 17.8 Å². The molecule has 2 N–H and O–H groups in total. The maximum atomic E-state index is 12.0. The summed E-state index contributed by atoms with van der Waals surface area (Å²) in [5, 5.41) is 6.25. The minimum atomic E-state index is -0.290. The molecule has 0 aliphatic carbocycles. The number of amides is 3. The fraction of sp³-hybridized carbons (Fsp3) is 0.222. The predicted molar refractivity (Wildman–Crippen MR) is 95.5 cm³/mol. The molecule has 0 radical (unpaired) electrons. The summed E-state index contributed by atoms with van der Waals surface area (Å²) in [5.41, 5.74) is 3.51. The van der Waals surface area contributed by atoms with Gasteiger partial charge in [-0.2, -0.15) is 0 Å². The third-order valence-electron chi connectivity index (χ3n) is 3.95. The van der Waals surface area contributed by atoms with Gasteiger partial charge in [0.25, 0.3) is 0 Å². The van der Waals surface area contributed by atoms with Crippen molar-refractivity contribution < 1.29 is 9.59 Å². The van der Waals surface area contributed by atoms with Crippen LogP contribution in [0.2, 0.25) is 5.02 Å². The zero-order chi connectivity index (χ0) is 17.1. The van der Waals surface area contributed by atoms with E-state index in [9.17, 15) is 9.59 Å². The molecular weight excluding hydrogens is 326 g/mol. The summed E-state index contributed by atoms with van der Waals surface area (Å²) in [6.07, 6.45) is 0.380. The average molecular weight is 344 g/mol. The zero-order valence-corrected chi connectivity index (χ0v) is 14.1. The Morgan fingerprint density at radius 2 is 1.96 bits per heavy atom. The number of benzene rings is 2. The SMILES string of the molecule is CCN1C(=O)Cc2cc(NC(=O)NCc3ccc(Cl)cc3)ccc21. The number of likely N-dealkylation sites (N-methyl/N-ethyl adjacent to an activating group) is 1. The number of nitrogens with zero attached hydrogens (tertiary/aromatic N) is 1. The largest absolute Gasteiger partial charge is 0.334 e. The average Bonchev–Trinajstić information content (AvgIpc) is 2.88. The minimum absolute atomic E-state index is 0.0943. The van der Waals surface area contributed by atoms with Crippen LogP contribution in [0.3, 0.4) is 0 Å². The normalized spacial score (nSPS) is 12.9. The maximum Gasteiger partial charge on any atom is 0.319 e. The molecule has 6 heteroatoms. The highest BCUT2D eigenvalue weighted by Crippen LogP contribution is 2.30. The Kier molecular flexibility index (Phi) is 4.71. The second-order valence-electron chi connectivity index (χ2n) is 5.59. The van der Waals surface area contributed by atoms with Gasteiger partial charge in [-0.05, 0) is 48.4 Å². The molecule has 5 nitrogen and oxygen atoms in total. The summed E-state index contributed by atoms with van der Waals surface area (Å²) in [6, 6.07) is 12.5. The topological polar surface area (TPSA) is 61.4 Å². The Labute approximate surface area is 145 Å². The molecule has 0 saturated carbocycles. The number of hydrogen-bond acceptors (Lipinski definition) is 2. The molecule has 0 atom stereocenters. The summed E-state index contributed by atoms with van der Waals surface area (Å²) >= 11 is 5.83. The van der Waals surface area contributed by atoms with Crippen molar-refractivity contribution in [3.05, 3.63) is 58.6 Å². The lowest BCUT2D eigenvalue weighted by Crippen LogP contribution is -2.28. The van der Waals surface area contributed by atoms with Gasteiger partial charge in [-0.25, -0.2) is 4.79 Å². The first-order valence-electron chi connectivity index (χ1n) is 7.79. The lowest BCUT2D eigenvalue weighted by molar-refractivity contribution is -0.117. The molecule has 2 aromatic carbocycles. The second-order valence-corrected chi connectivity index (χ2v) is 6.03. The lowest BCUT2D eigenvalue weighted by Gasteiger charge is -2.15. The molecule has 1 heterocycles. The summed E-state index contributed by atoms with van der Waals surface area (Å²) in [4.78, 5) is 25.7. The summed E-state index contributed by atoms with van der Waals surface area (Å²) < 4.78 is 0. The standard InChI is InChI=1S/C18H18ClN3O2/c1-2-22-16-8-7-15(9-13(16)10-17(22)23)21-18(24)20-11-12-3-5-14(19)6-4-12/h3-9H,2,10-11H2,1H3,(H2,20,21,24). The van der Waals surface area contributed by atoms with Gasteiger partial charge in [0.2, 0.25) is 5.91 Å². The van der Waals surface area contributed by atoms with Crippen molar-refractivity contribution in [2.75, 3.05) is 16.8 Å². The number of carbonyl (C=O) groups excluding carboxylic acids is 2. The molecule has 0 aromatic heterocycles. The number of anilines is 2. The number of fused-ring (bicyclic) bond motifs is 1. The Bertz CT molecular complexity index is 774. The number of halogens is 1. The van der Waals surface area contributed by atoms with E-state index in [1.165, 1.54) is 0 Å². The fourth-order valence-electron chi connectivity index (χ4n) is 2.77. The molecule has 3 rings (SSSR count). The molecule has 1 aliphatic rings. The van der Waals surface area contributed by atoms with E-state index < -0.39 is 0 Å². The van der Waals surface area contributed by atoms with E-state index in [1.54, 1.807) is 17.0 Å². The van der Waals surface area contributed by atoms with Crippen molar-refractivity contribution in [2.24, 2.45) is 0 Å². The van der Waals surface area contributed by atoms with Gasteiger partial charge in [-0.15, -0.1) is 0 Å². The van der Waals surface area contributed by atoms with Crippen molar-refractivity contribution in [3.8, 4) is 0 Å². The van der Waals surface area contributed by atoms with Crippen molar-refractivity contribution in [1.82, 2.24) is 5.32 Å². The monoisotopic (exact) mass is 343 g/mol. The summed E-state index contributed by atoms with van der Waals surface area (Å²) in [5.74, 6) is 0.0943. The highest BCUT2D eigenvalue weighted by atomic mass is 35.5. The molecule has 0 saturated heterocycles. The number of hydrogen-bond donors (Lipinski definition) is 2. The number of carbonyl (C=O) groups is 2. The number of urea groups is 1. The van der Waals surface area contributed by atoms with Gasteiger partial charge in [0, 0.05) is 29.5 Å². The highest BCUT2D eigenvalue weighted by molar-refractivity contribution is 6.30. The van der Waals surface area contributed by atoms with Crippen LogP contribution >= 0.6 is 11.6 Å². The molecule has 0 bridgehead atoms. The van der Waals surface area contributed by atoms with Crippen LogP contribution in [0.5, 0.6) is 0 Å². The van der Waals surface area contributed by atoms with E-state index in [2.05, 4.69) is 10.6 Å². The van der Waals surface area contributed by atoms with E-state index in [0.717, 1.165) is 16.8 Å². The van der Waals surface area contributed by atoms with Crippen molar-refractivity contribution in [1.29, 1.82) is 0 Å². The number of nitrogens with one attached hydrogen (secondary N) is 2. The van der Waals surface area contributed by atoms with Gasteiger partial charge in [-0.3, -0.25) is 4.79 Å². The highest BCUT2D eigenvalue weighted by Gasteiger charge is 2.25. The van der Waals surface area contributed by atoms with Crippen LogP contribution < -0.4 is 15.5 Å². The Balaban J connectivity index is 1.60. The summed E-state index contributed by atoms with van der Waals surface area (Å²) in [6.45, 7) is 3.01. The van der Waals surface area contributed by atoms with Gasteiger partial charge >= 0.3 is 6.03 Å². The lowest BCUT2D eigenvalue weighted by atomic mass is 10.1. The van der Waals surface area contributed by atoms with Gasteiger partial charge in [0.1, 0.15) is 0 Å². The molecular formula is C18H18ClN3O2. The second kappa shape index (κ2) is 6.93. The molecule has 0 spiro atoms. The maximum absolute atomic E-state index is 12.0. The smallest absolute Gasteiger partial charge is 0.319 e. The van der Waals surface area contributed by atoms with E-state index in [1.807, 2.05) is 37.3 Å². The number of rotatable bonds is 4. The minimum Gasteiger partial charge on any atom is -0.334 e. The summed E-state index contributed by atoms with van der Waals surface area (Å²) in [7, 11) is 0. The van der Waals surface area contributed by atoms with Crippen molar-refractivity contribution in [2.45, 2.75) is 19.9 Å². The molecule has 0 unspecified atom stereocenters. The predicted octanol–water partition coefficient (Wildman–Crippen LogP) is 3.57. The van der Waals surface area contributed by atoms with E-state index in [-0.39, 0.29) is 11.9 Å². The molecule has 124 valence electrons. The fourth-order valence-corrected chi connectivity index (χ4v) is 2.89. The Morgan fingerprint density at radius 1 is 1.21 bits per heavy atom. The van der Waals surface area contributed by atoms with E-state index in [4.69, 9.17) is 11.6 Å². The van der Waals surface area contributed by atoms with Crippen LogP contribution in [0.1, 0.15) is 18.1 Å². The van der Waals surface area contributed by atoms with Crippen LogP contribution in [0, 0.1) is 0 Å². The van der Waals surface area contributed by atoms with Crippen LogP contribution in [0.4, 0.5) is 16.2 Å². The molecule has 1 aliphatic heterocycles. The van der Waals surface area contributed by atoms with Crippen LogP contribution in [0.15, 0.2) is 42.5 Å². The van der Waals surface area contributed by atoms with Crippen LogP contribution in [-0.4, -0.2) is 18.5 Å². The third-order valence-corrected chi connectivity index (χ3v) is 4.21. The molecule has 24 heavy (non-hydrogen) atoms. The first kappa shape index (κ1) is 16.3. The van der Waals surface area contributed by atoms with Crippen molar-refractivity contribution >= 4 is 34.9 Å². The molecule has 2 aromatic rings. The zero-order valence-electron chi connectivity index (χ0n) is 13.3. The van der Waals surface area contributed by atoms with Gasteiger partial charge < -0.3 is 15.5 Å². The Hall–Kier alpha value is -2.53. The van der Waals surface area contributed by atoms with Crippen LogP contribution in [0.25, 0.3) is 0 Å². The van der Waals surface area contributed by atoms with Crippen molar-refractivity contribution in [3.63, 3.8) is 0 Å². The van der Waals surface area contributed by atoms with Gasteiger partial charge in [0.15, 0.2) is 0 Å². The molecule has 3 amide bonds. The first-order chi connectivity index (χ1) is 11.6. The quantitative estimate of drug-likeness (QED) is 0.891. The van der Waals surface area contributed by atoms with Gasteiger partial charge in [-0.1, -0.05) is 23.7 Å². The third kappa shape index (κ3) is 3.51.